The summed E-state index contributed by atoms with van der Waals surface area (Å²) in [6.07, 6.45) is 0.499. The monoisotopic (exact) mass is 441 g/mol. The first kappa shape index (κ1) is 25.4. The van der Waals surface area contributed by atoms with Gasteiger partial charge in [0.1, 0.15) is 5.60 Å². The zero-order valence-corrected chi connectivity index (χ0v) is 18.2. The Kier molecular flexibility index (Phi) is 10.9. The van der Waals surface area contributed by atoms with Crippen LogP contribution in [0.4, 0.5) is 0 Å². The van der Waals surface area contributed by atoms with E-state index >= 15 is 0 Å². The molecule has 0 aliphatic carbocycles. The molecule has 0 saturated heterocycles. The van der Waals surface area contributed by atoms with Crippen LogP contribution in [0.1, 0.15) is 40.5 Å². The molecule has 0 aromatic carbocycles. The van der Waals surface area contributed by atoms with E-state index in [1.807, 2.05) is 0 Å². The van der Waals surface area contributed by atoms with E-state index in [-0.39, 0.29) is 29.4 Å². The molecule has 150 valence electrons. The zero-order valence-electron chi connectivity index (χ0n) is 14.7. The van der Waals surface area contributed by atoms with Crippen LogP contribution in [0.2, 0.25) is 0 Å². The minimum Gasteiger partial charge on any atom is -0.303 e. The van der Waals surface area contributed by atoms with Crippen LogP contribution < -0.4 is 0 Å². The molecule has 0 amide bonds. The Morgan fingerprint density at radius 1 is 0.920 bits per heavy atom. The van der Waals surface area contributed by atoms with Crippen LogP contribution in [0.3, 0.4) is 0 Å². The fraction of sp³-hybridized carbons (Fsp3) is 1.00. The van der Waals surface area contributed by atoms with Crippen LogP contribution in [-0.2, 0) is 39.8 Å². The molecule has 25 heavy (non-hydrogen) atoms. The predicted octanol–water partition coefficient (Wildman–Crippen LogP) is 1.60. The normalized spacial score (nSPS) is 16.5. The van der Waals surface area contributed by atoms with E-state index in [4.69, 9.17) is 19.2 Å². The number of rotatable bonds is 13. The van der Waals surface area contributed by atoms with Crippen molar-refractivity contribution < 1.29 is 41.3 Å². The minimum atomic E-state index is -4.61. The quantitative estimate of drug-likeness (QED) is 0.362. The van der Waals surface area contributed by atoms with E-state index in [0.717, 1.165) is 0 Å². The summed E-state index contributed by atoms with van der Waals surface area (Å²) in [4.78, 5) is 26.3. The Labute approximate surface area is 154 Å². The molecule has 3 N–H and O–H groups in total. The van der Waals surface area contributed by atoms with Crippen LogP contribution in [-0.4, -0.2) is 57.3 Å². The van der Waals surface area contributed by atoms with Crippen molar-refractivity contribution in [1.82, 2.24) is 0 Å². The second-order valence-corrected chi connectivity index (χ2v) is 11.8. The smallest absolute Gasteiger partial charge is 0.303 e. The fourth-order valence-corrected chi connectivity index (χ4v) is 6.32. The van der Waals surface area contributed by atoms with Gasteiger partial charge in [-0.2, -0.15) is 0 Å². The van der Waals surface area contributed by atoms with Crippen molar-refractivity contribution in [2.75, 3.05) is 23.0 Å². The van der Waals surface area contributed by atoms with Gasteiger partial charge in [0, 0.05) is 49.2 Å². The topological polar surface area (TPSA) is 147 Å². The Morgan fingerprint density at radius 2 is 1.32 bits per heavy atom. The van der Waals surface area contributed by atoms with E-state index in [1.165, 1.54) is 13.8 Å². The zero-order chi connectivity index (χ0) is 19.9. The third-order valence-electron chi connectivity index (χ3n) is 3.09. The first-order valence-electron chi connectivity index (χ1n) is 7.43. The molecule has 0 bridgehead atoms. The van der Waals surface area contributed by atoms with Crippen molar-refractivity contribution in [2.24, 2.45) is 0 Å². The van der Waals surface area contributed by atoms with E-state index in [0.29, 0.717) is 6.42 Å². The highest BCUT2D eigenvalue weighted by Crippen LogP contribution is 2.42. The Balaban J connectivity index is 4.15. The molecule has 0 rings (SSSR count). The molecule has 0 fully saturated rings. The van der Waals surface area contributed by atoms with Crippen molar-refractivity contribution in [3.05, 3.63) is 0 Å². The highest BCUT2D eigenvalue weighted by Gasteiger charge is 2.31. The minimum absolute atomic E-state index is 0.170. The summed E-state index contributed by atoms with van der Waals surface area (Å²) >= 11 is 0. The molecule has 0 heterocycles. The third kappa shape index (κ3) is 15.2. The van der Waals surface area contributed by atoms with Gasteiger partial charge in [0.05, 0.1) is 5.60 Å². The summed E-state index contributed by atoms with van der Waals surface area (Å²) in [5, 5.41) is 0. The maximum Gasteiger partial charge on any atom is 0.695 e. The lowest BCUT2D eigenvalue weighted by Gasteiger charge is -2.24. The largest absolute Gasteiger partial charge is 0.695 e. The highest BCUT2D eigenvalue weighted by molar-refractivity contribution is 7.88. The summed E-state index contributed by atoms with van der Waals surface area (Å²) in [6, 6.07) is 0. The molecule has 13 heteroatoms. The van der Waals surface area contributed by atoms with E-state index in [2.05, 4.69) is 4.52 Å². The van der Waals surface area contributed by atoms with Gasteiger partial charge in [-0.25, -0.2) is 4.57 Å². The average Bonchev–Trinajstić information content (AvgIpc) is 2.36. The SMILES string of the molecule is CC(C)(CCS(=O)CCS(=O)CCC(C)(C)OP(=O)(O)O)O[P+](=O)O. The molecule has 0 aliphatic heterocycles. The lowest BCUT2D eigenvalue weighted by molar-refractivity contribution is 0.0629. The summed E-state index contributed by atoms with van der Waals surface area (Å²) in [6.45, 7) is 6.23. The number of hydrogen-bond donors (Lipinski definition) is 3. The van der Waals surface area contributed by atoms with Gasteiger partial charge >= 0.3 is 16.1 Å². The molecule has 0 aromatic rings. The summed E-state index contributed by atoms with van der Waals surface area (Å²) < 4.78 is 54.8. The van der Waals surface area contributed by atoms with E-state index in [9.17, 15) is 17.5 Å². The van der Waals surface area contributed by atoms with Crippen LogP contribution in [0, 0.1) is 0 Å². The molecule has 0 spiro atoms. The van der Waals surface area contributed by atoms with Crippen molar-refractivity contribution >= 4 is 37.7 Å². The fourth-order valence-electron chi connectivity index (χ4n) is 1.73. The van der Waals surface area contributed by atoms with Crippen molar-refractivity contribution in [2.45, 2.75) is 51.7 Å². The van der Waals surface area contributed by atoms with E-state index < -0.39 is 48.9 Å². The Hall–Kier alpha value is 0.430. The molecule has 3 atom stereocenters. The van der Waals surface area contributed by atoms with Crippen LogP contribution >= 0.6 is 16.1 Å². The maximum atomic E-state index is 11.9. The first-order chi connectivity index (χ1) is 11.1. The van der Waals surface area contributed by atoms with Gasteiger partial charge in [-0.15, -0.1) is 9.42 Å². The molecule has 0 saturated carbocycles. The molecule has 3 unspecified atom stereocenters. The average molecular weight is 441 g/mol. The third-order valence-corrected chi connectivity index (χ3v) is 7.37. The van der Waals surface area contributed by atoms with Gasteiger partial charge < -0.3 is 9.79 Å². The van der Waals surface area contributed by atoms with Crippen molar-refractivity contribution in [3.8, 4) is 0 Å². The van der Waals surface area contributed by atoms with Crippen molar-refractivity contribution in [1.29, 1.82) is 0 Å². The molecule has 0 aliphatic rings. The molecule has 9 nitrogen and oxygen atoms in total. The van der Waals surface area contributed by atoms with Gasteiger partial charge in [-0.05, 0) is 40.5 Å². The van der Waals surface area contributed by atoms with Crippen LogP contribution in [0.15, 0.2) is 0 Å². The lowest BCUT2D eigenvalue weighted by atomic mass is 10.1. The molecule has 0 aromatic heterocycles. The highest BCUT2D eigenvalue weighted by atomic mass is 32.2. The summed E-state index contributed by atoms with van der Waals surface area (Å²) in [5.41, 5.74) is -1.99. The first-order valence-corrected chi connectivity index (χ1v) is 13.1. The van der Waals surface area contributed by atoms with Gasteiger partial charge in [0.2, 0.25) is 0 Å². The number of hydrogen-bond acceptors (Lipinski definition) is 6. The van der Waals surface area contributed by atoms with E-state index in [1.54, 1.807) is 13.8 Å². The molecular weight excluding hydrogens is 414 g/mol. The summed E-state index contributed by atoms with van der Waals surface area (Å²) in [5.74, 6) is 0.811. The number of phosphoric ester groups is 1. The van der Waals surface area contributed by atoms with Crippen LogP contribution in [0.5, 0.6) is 0 Å². The standard InChI is InChI=1S/C12H26O9P2S2/c1-11(2,20-22(13)14)5-7-24(18)9-10-25(19)8-6-12(3,4)21-23(15,16)17/h5-10H2,1-4H3,(H2-,13,14,15,16,17)/p+1. The second kappa shape index (κ2) is 10.7. The van der Waals surface area contributed by atoms with Gasteiger partial charge in [-0.3, -0.25) is 12.9 Å². The van der Waals surface area contributed by atoms with Gasteiger partial charge in [0.15, 0.2) is 0 Å². The predicted molar refractivity (Wildman–Crippen MR) is 97.2 cm³/mol. The Bertz CT molecular complexity index is 545. The Morgan fingerprint density at radius 3 is 1.68 bits per heavy atom. The maximum absolute atomic E-state index is 11.9. The van der Waals surface area contributed by atoms with Gasteiger partial charge in [-0.1, -0.05) is 0 Å². The number of phosphoric acid groups is 1. The lowest BCUT2D eigenvalue weighted by Crippen LogP contribution is -2.27. The summed E-state index contributed by atoms with van der Waals surface area (Å²) in [7, 11) is -9.88. The van der Waals surface area contributed by atoms with Crippen molar-refractivity contribution in [3.63, 3.8) is 0 Å². The molecular formula is C12H27O9P2S2+. The van der Waals surface area contributed by atoms with Crippen LogP contribution in [0.25, 0.3) is 0 Å². The van der Waals surface area contributed by atoms with Gasteiger partial charge in [0.25, 0.3) is 0 Å². The second-order valence-electron chi connectivity index (χ2n) is 6.63. The molecule has 0 radical (unpaired) electrons.